The molecule has 39 heavy (non-hydrogen) atoms. The number of rotatable bonds is 8. The first kappa shape index (κ1) is 26.9. The van der Waals surface area contributed by atoms with Crippen molar-refractivity contribution in [3.63, 3.8) is 0 Å². The standard InChI is InChI=1S/C30H29ClFNO6/c1-38-25-15-18(14-20(31)30(25)39-16-17-5-2-6-19(32)13-17)27-28-21(7-3-9-23(28)34)33(12-11-26(36)37)22-8-4-10-24(35)29(22)27/h2,5-6,13-15,27H,3-4,7-12,16H2,1H3,(H,36,37). The Hall–Kier alpha value is -3.65. The van der Waals surface area contributed by atoms with Gasteiger partial charge in [-0.05, 0) is 61.1 Å². The van der Waals surface area contributed by atoms with E-state index in [0.29, 0.717) is 66.5 Å². The van der Waals surface area contributed by atoms with E-state index in [-0.39, 0.29) is 47.7 Å². The first-order valence-electron chi connectivity index (χ1n) is 13.0. The maximum atomic E-state index is 13.6. The molecule has 1 heterocycles. The number of carboxylic acids is 1. The van der Waals surface area contributed by atoms with Crippen LogP contribution in [0.15, 0.2) is 58.9 Å². The summed E-state index contributed by atoms with van der Waals surface area (Å²) in [6.07, 6.45) is 3.21. The zero-order valence-electron chi connectivity index (χ0n) is 21.6. The maximum absolute atomic E-state index is 13.6. The molecule has 2 aromatic rings. The lowest BCUT2D eigenvalue weighted by Crippen LogP contribution is -2.39. The minimum absolute atomic E-state index is 0.0481. The van der Waals surface area contributed by atoms with Crippen molar-refractivity contribution in [2.75, 3.05) is 13.7 Å². The van der Waals surface area contributed by atoms with Crippen molar-refractivity contribution < 1.29 is 33.4 Å². The zero-order valence-corrected chi connectivity index (χ0v) is 22.4. The average molecular weight is 554 g/mol. The second-order valence-corrected chi connectivity index (χ2v) is 10.4. The molecule has 1 aliphatic heterocycles. The van der Waals surface area contributed by atoms with E-state index < -0.39 is 11.9 Å². The van der Waals surface area contributed by atoms with Crippen molar-refractivity contribution in [3.05, 3.63) is 80.9 Å². The molecule has 2 aliphatic carbocycles. The van der Waals surface area contributed by atoms with Crippen molar-refractivity contribution in [2.45, 2.75) is 57.5 Å². The number of ketones is 2. The molecule has 0 bridgehead atoms. The Labute approximate surface area is 230 Å². The summed E-state index contributed by atoms with van der Waals surface area (Å²) >= 11 is 6.71. The SMILES string of the molecule is COc1cc(C2C3=C(CCCC3=O)N(CCC(=O)O)C3=C2C(=O)CCC3)cc(Cl)c1OCc1cccc(F)c1. The molecule has 7 nitrogen and oxygen atoms in total. The van der Waals surface area contributed by atoms with Crippen LogP contribution in [0.4, 0.5) is 4.39 Å². The van der Waals surface area contributed by atoms with Crippen LogP contribution in [-0.2, 0) is 21.0 Å². The second-order valence-electron chi connectivity index (χ2n) is 9.96. The second kappa shape index (κ2) is 11.2. The summed E-state index contributed by atoms with van der Waals surface area (Å²) in [5.74, 6) is -1.42. The van der Waals surface area contributed by atoms with Crippen LogP contribution >= 0.6 is 11.6 Å². The molecule has 5 rings (SSSR count). The number of ether oxygens (including phenoxy) is 2. The van der Waals surface area contributed by atoms with E-state index in [4.69, 9.17) is 21.1 Å². The molecule has 0 atom stereocenters. The lowest BCUT2D eigenvalue weighted by atomic mass is 9.71. The van der Waals surface area contributed by atoms with Gasteiger partial charge in [0.1, 0.15) is 12.4 Å². The van der Waals surface area contributed by atoms with Gasteiger partial charge in [-0.25, -0.2) is 4.39 Å². The van der Waals surface area contributed by atoms with Crippen LogP contribution in [0.5, 0.6) is 11.5 Å². The molecule has 0 saturated heterocycles. The Balaban J connectivity index is 1.59. The number of aliphatic carboxylic acids is 1. The summed E-state index contributed by atoms with van der Waals surface area (Å²) in [5, 5.41) is 9.60. The molecule has 204 valence electrons. The van der Waals surface area contributed by atoms with Crippen LogP contribution in [0.2, 0.25) is 5.02 Å². The van der Waals surface area contributed by atoms with E-state index in [0.717, 1.165) is 11.4 Å². The lowest BCUT2D eigenvalue weighted by Gasteiger charge is -2.44. The number of allylic oxidation sites excluding steroid dienone is 4. The minimum Gasteiger partial charge on any atom is -0.493 e. The molecule has 0 amide bonds. The molecule has 3 aliphatic rings. The van der Waals surface area contributed by atoms with Crippen LogP contribution in [-0.4, -0.2) is 41.2 Å². The van der Waals surface area contributed by atoms with Gasteiger partial charge in [0.2, 0.25) is 0 Å². The van der Waals surface area contributed by atoms with Crippen LogP contribution in [0.3, 0.4) is 0 Å². The fourth-order valence-electron chi connectivity index (χ4n) is 5.86. The van der Waals surface area contributed by atoms with Gasteiger partial charge in [0, 0.05) is 47.8 Å². The molecule has 1 N–H and O–H groups in total. The summed E-state index contributed by atoms with van der Waals surface area (Å²) in [6, 6.07) is 9.49. The monoisotopic (exact) mass is 553 g/mol. The number of methoxy groups -OCH3 is 1. The summed E-state index contributed by atoms with van der Waals surface area (Å²) in [7, 11) is 1.48. The largest absolute Gasteiger partial charge is 0.493 e. The average Bonchev–Trinajstić information content (AvgIpc) is 2.90. The topological polar surface area (TPSA) is 93.1 Å². The molecular formula is C30H29ClFNO6. The van der Waals surface area contributed by atoms with Gasteiger partial charge >= 0.3 is 5.97 Å². The predicted octanol–water partition coefficient (Wildman–Crippen LogP) is 5.95. The van der Waals surface area contributed by atoms with Crippen LogP contribution in [0.1, 0.15) is 62.0 Å². The fourth-order valence-corrected chi connectivity index (χ4v) is 6.13. The van der Waals surface area contributed by atoms with Gasteiger partial charge < -0.3 is 19.5 Å². The first-order chi connectivity index (χ1) is 18.8. The summed E-state index contributed by atoms with van der Waals surface area (Å²) < 4.78 is 25.2. The number of nitrogens with zero attached hydrogens (tertiary/aromatic N) is 1. The third-order valence-corrected chi connectivity index (χ3v) is 7.77. The Kier molecular flexibility index (Phi) is 7.75. The Morgan fingerprint density at radius 3 is 2.31 bits per heavy atom. The highest BCUT2D eigenvalue weighted by Gasteiger charge is 2.43. The number of halogens is 2. The van der Waals surface area contributed by atoms with E-state index >= 15 is 0 Å². The molecule has 0 spiro atoms. The van der Waals surface area contributed by atoms with E-state index in [1.807, 2.05) is 4.90 Å². The predicted molar refractivity (Wildman–Crippen MR) is 142 cm³/mol. The van der Waals surface area contributed by atoms with Crippen LogP contribution < -0.4 is 9.47 Å². The van der Waals surface area contributed by atoms with E-state index in [2.05, 4.69) is 0 Å². The van der Waals surface area contributed by atoms with Gasteiger partial charge in [0.05, 0.1) is 18.6 Å². The number of hydrogen-bond acceptors (Lipinski definition) is 6. The van der Waals surface area contributed by atoms with Gasteiger partial charge in [-0.3, -0.25) is 14.4 Å². The molecule has 0 unspecified atom stereocenters. The third kappa shape index (κ3) is 5.30. The Morgan fingerprint density at radius 1 is 1.05 bits per heavy atom. The van der Waals surface area contributed by atoms with E-state index in [1.54, 1.807) is 24.3 Å². The van der Waals surface area contributed by atoms with Crippen LogP contribution in [0, 0.1) is 5.82 Å². The lowest BCUT2D eigenvalue weighted by molar-refractivity contribution is -0.137. The van der Waals surface area contributed by atoms with Gasteiger partial charge in [0.15, 0.2) is 23.1 Å². The minimum atomic E-state index is -0.934. The van der Waals surface area contributed by atoms with Crippen molar-refractivity contribution in [3.8, 4) is 11.5 Å². The van der Waals surface area contributed by atoms with E-state index in [1.165, 1.54) is 19.2 Å². The van der Waals surface area contributed by atoms with Crippen LogP contribution in [0.25, 0.3) is 0 Å². The molecule has 9 heteroatoms. The highest BCUT2D eigenvalue weighted by molar-refractivity contribution is 6.32. The molecule has 0 fully saturated rings. The van der Waals surface area contributed by atoms with Gasteiger partial charge in [-0.2, -0.15) is 0 Å². The van der Waals surface area contributed by atoms with Crippen molar-refractivity contribution in [2.24, 2.45) is 0 Å². The van der Waals surface area contributed by atoms with E-state index in [9.17, 15) is 23.9 Å². The maximum Gasteiger partial charge on any atom is 0.305 e. The normalized spacial score (nSPS) is 17.8. The smallest absolute Gasteiger partial charge is 0.305 e. The first-order valence-corrected chi connectivity index (χ1v) is 13.4. The third-order valence-electron chi connectivity index (χ3n) is 7.49. The van der Waals surface area contributed by atoms with Gasteiger partial charge in [0.25, 0.3) is 0 Å². The highest BCUT2D eigenvalue weighted by Crippen LogP contribution is 2.51. The molecule has 2 aromatic carbocycles. The molecular weight excluding hydrogens is 525 g/mol. The zero-order chi connectivity index (χ0) is 27.7. The number of benzene rings is 2. The number of carbonyl (C=O) groups is 3. The van der Waals surface area contributed by atoms with Crippen molar-refractivity contribution >= 4 is 29.1 Å². The van der Waals surface area contributed by atoms with Gasteiger partial charge in [-0.1, -0.05) is 23.7 Å². The number of Topliss-reactive ketones (excluding diaryl/α,β-unsaturated/α-hetero) is 2. The number of carboxylic acid groups (broad SMARTS) is 1. The Morgan fingerprint density at radius 2 is 1.72 bits per heavy atom. The highest BCUT2D eigenvalue weighted by atomic mass is 35.5. The number of hydrogen-bond donors (Lipinski definition) is 1. The molecule has 0 radical (unpaired) electrons. The molecule has 0 saturated carbocycles. The molecule has 0 aromatic heterocycles. The van der Waals surface area contributed by atoms with Crippen molar-refractivity contribution in [1.29, 1.82) is 0 Å². The quantitative estimate of drug-likeness (QED) is 0.431. The number of carbonyl (C=O) groups excluding carboxylic acids is 2. The van der Waals surface area contributed by atoms with Gasteiger partial charge in [-0.15, -0.1) is 0 Å². The fraction of sp³-hybridized carbons (Fsp3) is 0.367. The Bertz CT molecular complexity index is 1370. The van der Waals surface area contributed by atoms with Crippen molar-refractivity contribution in [1.82, 2.24) is 4.90 Å². The summed E-state index contributed by atoms with van der Waals surface area (Å²) in [4.78, 5) is 40.2. The summed E-state index contributed by atoms with van der Waals surface area (Å²) in [5.41, 5.74) is 3.92. The summed E-state index contributed by atoms with van der Waals surface area (Å²) in [6.45, 7) is 0.272.